The number of anilines is 2. The molecule has 0 saturated carbocycles. The molecule has 2 N–H and O–H groups in total. The summed E-state index contributed by atoms with van der Waals surface area (Å²) in [5.74, 6) is 0.0444. The van der Waals surface area contributed by atoms with Crippen LogP contribution in [-0.2, 0) is 4.74 Å². The fourth-order valence-electron chi connectivity index (χ4n) is 4.17. The van der Waals surface area contributed by atoms with Crippen molar-refractivity contribution >= 4 is 45.6 Å². The Bertz CT molecular complexity index is 1330. The highest BCUT2D eigenvalue weighted by Gasteiger charge is 2.21. The molecule has 1 saturated heterocycles. The minimum Gasteiger partial charge on any atom is -0.378 e. The molecule has 0 radical (unpaired) electrons. The SMILES string of the molecule is CC(c1cccs1)N(C)C(=O)c1ccc2[nH]nc(NC(=O)c3ccc(N4CCOCC4)cc3)c2c1. The zero-order chi connectivity index (χ0) is 24.4. The van der Waals surface area contributed by atoms with E-state index >= 15 is 0 Å². The number of hydrogen-bond acceptors (Lipinski definition) is 6. The number of nitrogens with one attached hydrogen (secondary N) is 2. The maximum Gasteiger partial charge on any atom is 0.256 e. The average Bonchev–Trinajstić information content (AvgIpc) is 3.58. The normalized spacial score (nSPS) is 14.6. The number of hydrogen-bond donors (Lipinski definition) is 2. The van der Waals surface area contributed by atoms with Crippen molar-refractivity contribution in [1.82, 2.24) is 15.1 Å². The molecule has 1 aliphatic rings. The Hall–Kier alpha value is -3.69. The monoisotopic (exact) mass is 489 g/mol. The predicted molar refractivity (Wildman–Crippen MR) is 138 cm³/mol. The predicted octanol–water partition coefficient (Wildman–Crippen LogP) is 4.55. The Labute approximate surface area is 207 Å². The van der Waals surface area contributed by atoms with Gasteiger partial charge in [-0.25, -0.2) is 0 Å². The number of rotatable bonds is 6. The fraction of sp³-hybridized carbons (Fsp3) is 0.269. The molecule has 4 aromatic rings. The zero-order valence-corrected chi connectivity index (χ0v) is 20.5. The van der Waals surface area contributed by atoms with Gasteiger partial charge in [0.2, 0.25) is 0 Å². The van der Waals surface area contributed by atoms with Crippen LogP contribution in [0.4, 0.5) is 11.5 Å². The van der Waals surface area contributed by atoms with E-state index in [4.69, 9.17) is 4.74 Å². The van der Waals surface area contributed by atoms with Crippen LogP contribution >= 0.6 is 11.3 Å². The largest absolute Gasteiger partial charge is 0.378 e. The van der Waals surface area contributed by atoms with E-state index in [-0.39, 0.29) is 17.9 Å². The summed E-state index contributed by atoms with van der Waals surface area (Å²) < 4.78 is 5.40. The Morgan fingerprint density at radius 3 is 2.57 bits per heavy atom. The number of benzene rings is 2. The van der Waals surface area contributed by atoms with Crippen molar-refractivity contribution in [2.24, 2.45) is 0 Å². The number of nitrogens with zero attached hydrogens (tertiary/aromatic N) is 3. The molecule has 5 rings (SSSR count). The molecule has 2 aromatic heterocycles. The molecule has 1 fully saturated rings. The van der Waals surface area contributed by atoms with E-state index < -0.39 is 0 Å². The standard InChI is InChI=1S/C26H27N5O3S/c1-17(23-4-3-15-35-23)30(2)26(33)19-7-10-22-21(16-19)24(29-28-22)27-25(32)18-5-8-20(9-6-18)31-11-13-34-14-12-31/h3-10,15-17H,11-14H2,1-2H3,(H2,27,28,29,32). The summed E-state index contributed by atoms with van der Waals surface area (Å²) >= 11 is 1.63. The molecule has 1 unspecified atom stereocenters. The lowest BCUT2D eigenvalue weighted by molar-refractivity contribution is 0.0745. The van der Waals surface area contributed by atoms with E-state index in [2.05, 4.69) is 20.4 Å². The molecule has 0 bridgehead atoms. The van der Waals surface area contributed by atoms with Crippen molar-refractivity contribution < 1.29 is 14.3 Å². The molecule has 0 spiro atoms. The van der Waals surface area contributed by atoms with Crippen LogP contribution in [0.3, 0.4) is 0 Å². The molecule has 0 aliphatic carbocycles. The van der Waals surface area contributed by atoms with Gasteiger partial charge in [0.15, 0.2) is 5.82 Å². The Kier molecular flexibility index (Phi) is 6.52. The second kappa shape index (κ2) is 9.89. The fourth-order valence-corrected chi connectivity index (χ4v) is 4.99. The van der Waals surface area contributed by atoms with E-state index in [0.29, 0.717) is 35.5 Å². The highest BCUT2D eigenvalue weighted by Crippen LogP contribution is 2.27. The summed E-state index contributed by atoms with van der Waals surface area (Å²) in [7, 11) is 1.80. The second-order valence-corrected chi connectivity index (χ2v) is 9.52. The van der Waals surface area contributed by atoms with Crippen LogP contribution in [0.1, 0.15) is 38.6 Å². The maximum atomic E-state index is 13.2. The third-order valence-corrected chi connectivity index (χ3v) is 7.45. The highest BCUT2D eigenvalue weighted by molar-refractivity contribution is 7.10. The molecule has 3 heterocycles. The summed E-state index contributed by atoms with van der Waals surface area (Å²) in [6, 6.07) is 16.8. The molecule has 35 heavy (non-hydrogen) atoms. The number of carbonyl (C=O) groups excluding carboxylic acids is 2. The van der Waals surface area contributed by atoms with Gasteiger partial charge < -0.3 is 19.9 Å². The number of aromatic nitrogens is 2. The van der Waals surface area contributed by atoms with Crippen molar-refractivity contribution in [3.8, 4) is 0 Å². The van der Waals surface area contributed by atoms with Crippen LogP contribution < -0.4 is 10.2 Å². The van der Waals surface area contributed by atoms with Crippen LogP contribution in [0.25, 0.3) is 10.9 Å². The number of carbonyl (C=O) groups is 2. The van der Waals surface area contributed by atoms with Crippen molar-refractivity contribution in [2.75, 3.05) is 43.6 Å². The second-order valence-electron chi connectivity index (χ2n) is 8.54. The lowest BCUT2D eigenvalue weighted by Crippen LogP contribution is -2.36. The van der Waals surface area contributed by atoms with Crippen LogP contribution in [0.2, 0.25) is 0 Å². The molecule has 1 atom stereocenters. The quantitative estimate of drug-likeness (QED) is 0.415. The van der Waals surface area contributed by atoms with Gasteiger partial charge in [-0.2, -0.15) is 5.10 Å². The Morgan fingerprint density at radius 2 is 1.86 bits per heavy atom. The van der Waals surface area contributed by atoms with Gasteiger partial charge in [0.25, 0.3) is 11.8 Å². The average molecular weight is 490 g/mol. The van der Waals surface area contributed by atoms with E-state index in [1.165, 1.54) is 0 Å². The number of aromatic amines is 1. The zero-order valence-electron chi connectivity index (χ0n) is 19.7. The van der Waals surface area contributed by atoms with Crippen LogP contribution in [0.5, 0.6) is 0 Å². The number of fused-ring (bicyclic) bond motifs is 1. The summed E-state index contributed by atoms with van der Waals surface area (Å²) in [5, 5.41) is 12.8. The third kappa shape index (κ3) is 4.78. The van der Waals surface area contributed by atoms with Gasteiger partial charge in [0.1, 0.15) is 0 Å². The Morgan fingerprint density at radius 1 is 1.11 bits per heavy atom. The topological polar surface area (TPSA) is 90.6 Å². The molecule has 1 aliphatic heterocycles. The van der Waals surface area contributed by atoms with Crippen LogP contribution in [0, 0.1) is 0 Å². The van der Waals surface area contributed by atoms with Crippen molar-refractivity contribution in [2.45, 2.75) is 13.0 Å². The maximum absolute atomic E-state index is 13.2. The first-order valence-corrected chi connectivity index (χ1v) is 12.4. The minimum atomic E-state index is -0.257. The summed E-state index contributed by atoms with van der Waals surface area (Å²) in [5.41, 5.74) is 2.89. The van der Waals surface area contributed by atoms with Gasteiger partial charge in [-0.3, -0.25) is 14.7 Å². The van der Waals surface area contributed by atoms with Gasteiger partial charge in [0.05, 0.1) is 24.8 Å². The molecular weight excluding hydrogens is 462 g/mol. The molecule has 2 amide bonds. The van der Waals surface area contributed by atoms with Crippen molar-refractivity contribution in [3.05, 3.63) is 76.0 Å². The van der Waals surface area contributed by atoms with Gasteiger partial charge >= 0.3 is 0 Å². The number of thiophene rings is 1. The van der Waals surface area contributed by atoms with Crippen molar-refractivity contribution in [1.29, 1.82) is 0 Å². The van der Waals surface area contributed by atoms with Crippen molar-refractivity contribution in [3.63, 3.8) is 0 Å². The van der Waals surface area contributed by atoms with E-state index in [9.17, 15) is 9.59 Å². The molecule has 2 aromatic carbocycles. The summed E-state index contributed by atoms with van der Waals surface area (Å²) in [6.07, 6.45) is 0. The first kappa shape index (κ1) is 23.1. The van der Waals surface area contributed by atoms with Gasteiger partial charge in [-0.1, -0.05) is 6.07 Å². The number of H-pyrrole nitrogens is 1. The first-order chi connectivity index (χ1) is 17.0. The highest BCUT2D eigenvalue weighted by atomic mass is 32.1. The molecule has 8 nitrogen and oxygen atoms in total. The van der Waals surface area contributed by atoms with Crippen LogP contribution in [0.15, 0.2) is 60.0 Å². The van der Waals surface area contributed by atoms with E-state index in [0.717, 1.165) is 29.2 Å². The Balaban J connectivity index is 1.32. The van der Waals surface area contributed by atoms with Gasteiger partial charge in [-0.05, 0) is 60.8 Å². The van der Waals surface area contributed by atoms with E-state index in [1.54, 1.807) is 35.4 Å². The summed E-state index contributed by atoms with van der Waals surface area (Å²) in [4.78, 5) is 31.2. The number of morpholine rings is 1. The van der Waals surface area contributed by atoms with Crippen LogP contribution in [-0.4, -0.2) is 60.3 Å². The molecular formula is C26H27N5O3S. The van der Waals surface area contributed by atoms with Gasteiger partial charge in [0, 0.05) is 47.2 Å². The minimum absolute atomic E-state index is 0.0397. The lowest BCUT2D eigenvalue weighted by atomic mass is 10.1. The molecule has 180 valence electrons. The summed E-state index contributed by atoms with van der Waals surface area (Å²) in [6.45, 7) is 5.11. The third-order valence-electron chi connectivity index (χ3n) is 6.40. The van der Waals surface area contributed by atoms with E-state index in [1.807, 2.05) is 54.8 Å². The van der Waals surface area contributed by atoms with Gasteiger partial charge in [-0.15, -0.1) is 11.3 Å². The number of ether oxygens (including phenoxy) is 1. The number of amides is 2. The first-order valence-electron chi connectivity index (χ1n) is 11.5. The lowest BCUT2D eigenvalue weighted by Gasteiger charge is -2.28. The smallest absolute Gasteiger partial charge is 0.256 e. The molecule has 9 heteroatoms.